The Morgan fingerprint density at radius 1 is 1.67 bits per heavy atom. The molecular weight excluding hydrogens is 136 g/mol. The molecule has 0 amide bonds. The number of ketones is 1. The van der Waals surface area contributed by atoms with Gasteiger partial charge in [-0.05, 0) is 6.92 Å². The van der Waals surface area contributed by atoms with Crippen LogP contribution in [0.4, 0.5) is 0 Å². The maximum Gasteiger partial charge on any atom is 0.139 e. The van der Waals surface area contributed by atoms with Crippen molar-refractivity contribution in [2.45, 2.75) is 6.92 Å². The first-order chi connectivity index (χ1) is 4.27. The molecule has 9 heavy (non-hydrogen) atoms. The highest BCUT2D eigenvalue weighted by Crippen LogP contribution is 1.98. The summed E-state index contributed by atoms with van der Waals surface area (Å²) in [7, 11) is 1.66. The number of hydrogen-bond acceptors (Lipinski definition) is 3. The normalized spacial score (nSPS) is 9.56. The van der Waals surface area contributed by atoms with Crippen LogP contribution in [0.15, 0.2) is 0 Å². The molecule has 0 unspecified atom stereocenters. The highest BCUT2D eigenvalue weighted by Gasteiger charge is 1.91. The van der Waals surface area contributed by atoms with E-state index >= 15 is 0 Å². The van der Waals surface area contributed by atoms with E-state index in [0.29, 0.717) is 5.75 Å². The third-order valence-corrected chi connectivity index (χ3v) is 1.80. The van der Waals surface area contributed by atoms with Crippen molar-refractivity contribution in [1.82, 2.24) is 0 Å². The van der Waals surface area contributed by atoms with Crippen molar-refractivity contribution in [2.24, 2.45) is 0 Å². The van der Waals surface area contributed by atoms with E-state index in [1.165, 1.54) is 0 Å². The third kappa shape index (κ3) is 7.98. The fourth-order valence-corrected chi connectivity index (χ4v) is 1.07. The lowest BCUT2D eigenvalue weighted by Gasteiger charge is -1.95. The van der Waals surface area contributed by atoms with Gasteiger partial charge in [0.15, 0.2) is 0 Å². The summed E-state index contributed by atoms with van der Waals surface area (Å²) in [6, 6.07) is 0. The van der Waals surface area contributed by atoms with Crippen molar-refractivity contribution < 1.29 is 9.53 Å². The molecule has 0 rings (SSSR count). The zero-order chi connectivity index (χ0) is 7.11. The Kier molecular flexibility index (Phi) is 6.09. The van der Waals surface area contributed by atoms with Crippen LogP contribution in [0.25, 0.3) is 0 Å². The molecule has 0 saturated carbocycles. The molecule has 0 radical (unpaired) electrons. The van der Waals surface area contributed by atoms with E-state index in [-0.39, 0.29) is 5.78 Å². The van der Waals surface area contributed by atoms with Crippen LogP contribution >= 0.6 is 11.8 Å². The molecule has 54 valence electrons. The van der Waals surface area contributed by atoms with Crippen LogP contribution in [0.2, 0.25) is 0 Å². The first-order valence-electron chi connectivity index (χ1n) is 2.83. The summed E-state index contributed by atoms with van der Waals surface area (Å²) < 4.78 is 4.79. The highest BCUT2D eigenvalue weighted by molar-refractivity contribution is 7.99. The van der Waals surface area contributed by atoms with E-state index in [4.69, 9.17) is 4.74 Å². The maximum absolute atomic E-state index is 10.3. The molecule has 0 bridgehead atoms. The van der Waals surface area contributed by atoms with Gasteiger partial charge in [0.2, 0.25) is 0 Å². The average molecular weight is 148 g/mol. The van der Waals surface area contributed by atoms with Crippen molar-refractivity contribution in [2.75, 3.05) is 25.2 Å². The molecule has 0 saturated heterocycles. The van der Waals surface area contributed by atoms with Gasteiger partial charge >= 0.3 is 0 Å². The van der Waals surface area contributed by atoms with Gasteiger partial charge in [-0.25, -0.2) is 0 Å². The standard InChI is InChI=1S/C6H12O2S/c1-6(7)5-9-4-3-8-2/h3-5H2,1-2H3. The number of hydrogen-bond donors (Lipinski definition) is 0. The van der Waals surface area contributed by atoms with Crippen LogP contribution in [0.5, 0.6) is 0 Å². The SMILES string of the molecule is COCCSCC(C)=O. The van der Waals surface area contributed by atoms with Crippen molar-refractivity contribution >= 4 is 17.5 Å². The average Bonchev–Trinajstić information content (AvgIpc) is 1.80. The summed E-state index contributed by atoms with van der Waals surface area (Å²) in [6.07, 6.45) is 0. The van der Waals surface area contributed by atoms with E-state index in [0.717, 1.165) is 12.4 Å². The fraction of sp³-hybridized carbons (Fsp3) is 0.833. The van der Waals surface area contributed by atoms with Gasteiger partial charge in [-0.1, -0.05) is 0 Å². The summed E-state index contributed by atoms with van der Waals surface area (Å²) in [5.74, 6) is 1.76. The Bertz CT molecular complexity index is 83.1. The number of carbonyl (C=O) groups is 1. The molecule has 0 aliphatic rings. The summed E-state index contributed by atoms with van der Waals surface area (Å²) in [4.78, 5) is 10.3. The predicted molar refractivity (Wildman–Crippen MR) is 39.9 cm³/mol. The van der Waals surface area contributed by atoms with Crippen molar-refractivity contribution in [1.29, 1.82) is 0 Å². The Morgan fingerprint density at radius 2 is 2.33 bits per heavy atom. The lowest BCUT2D eigenvalue weighted by atomic mass is 10.5. The van der Waals surface area contributed by atoms with E-state index < -0.39 is 0 Å². The van der Waals surface area contributed by atoms with Gasteiger partial charge in [0, 0.05) is 12.9 Å². The summed E-state index contributed by atoms with van der Waals surface area (Å²) in [5, 5.41) is 0. The molecule has 0 atom stereocenters. The maximum atomic E-state index is 10.3. The minimum atomic E-state index is 0.233. The molecule has 3 heteroatoms. The van der Waals surface area contributed by atoms with Crippen LogP contribution in [-0.4, -0.2) is 31.0 Å². The second kappa shape index (κ2) is 6.11. The number of carbonyl (C=O) groups excluding carboxylic acids is 1. The molecule has 2 nitrogen and oxygen atoms in total. The molecule has 0 N–H and O–H groups in total. The summed E-state index contributed by atoms with van der Waals surface area (Å²) in [6.45, 7) is 2.33. The van der Waals surface area contributed by atoms with Crippen molar-refractivity contribution in [3.63, 3.8) is 0 Å². The molecule has 0 aliphatic heterocycles. The molecule has 0 heterocycles. The van der Waals surface area contributed by atoms with Gasteiger partial charge in [-0.3, -0.25) is 4.79 Å². The molecule has 0 aromatic carbocycles. The van der Waals surface area contributed by atoms with Gasteiger partial charge in [0.05, 0.1) is 12.4 Å². The molecule has 0 aromatic rings. The number of ether oxygens (including phenoxy) is 1. The second-order valence-corrected chi connectivity index (χ2v) is 2.85. The zero-order valence-electron chi connectivity index (χ0n) is 5.85. The first kappa shape index (κ1) is 8.98. The van der Waals surface area contributed by atoms with Crippen LogP contribution in [0.1, 0.15) is 6.92 Å². The Hall–Kier alpha value is -0.0200. The van der Waals surface area contributed by atoms with Crippen LogP contribution in [-0.2, 0) is 9.53 Å². The van der Waals surface area contributed by atoms with Gasteiger partial charge < -0.3 is 4.74 Å². The summed E-state index contributed by atoms with van der Waals surface area (Å²) in [5.41, 5.74) is 0. The highest BCUT2D eigenvalue weighted by atomic mass is 32.2. The Morgan fingerprint density at radius 3 is 2.78 bits per heavy atom. The summed E-state index contributed by atoms with van der Waals surface area (Å²) >= 11 is 1.61. The number of Topliss-reactive ketones (excluding diaryl/α,β-unsaturated/α-hetero) is 1. The molecule has 0 spiro atoms. The topological polar surface area (TPSA) is 26.3 Å². The molecular formula is C6H12O2S. The number of thioether (sulfide) groups is 1. The van der Waals surface area contributed by atoms with Gasteiger partial charge in [-0.2, -0.15) is 11.8 Å². The minimum absolute atomic E-state index is 0.233. The monoisotopic (exact) mass is 148 g/mol. The van der Waals surface area contributed by atoms with Crippen molar-refractivity contribution in [3.05, 3.63) is 0 Å². The smallest absolute Gasteiger partial charge is 0.139 e. The lowest BCUT2D eigenvalue weighted by molar-refractivity contribution is -0.114. The van der Waals surface area contributed by atoms with Gasteiger partial charge in [-0.15, -0.1) is 0 Å². The third-order valence-electron chi connectivity index (χ3n) is 0.737. The van der Waals surface area contributed by atoms with E-state index in [1.54, 1.807) is 25.8 Å². The van der Waals surface area contributed by atoms with Gasteiger partial charge in [0.1, 0.15) is 5.78 Å². The van der Waals surface area contributed by atoms with Crippen LogP contribution < -0.4 is 0 Å². The number of methoxy groups -OCH3 is 1. The predicted octanol–water partition coefficient (Wildman–Crippen LogP) is 0.955. The first-order valence-corrected chi connectivity index (χ1v) is 3.99. The van der Waals surface area contributed by atoms with Gasteiger partial charge in [0.25, 0.3) is 0 Å². The molecule has 0 aliphatic carbocycles. The van der Waals surface area contributed by atoms with Crippen LogP contribution in [0.3, 0.4) is 0 Å². The van der Waals surface area contributed by atoms with E-state index in [1.807, 2.05) is 0 Å². The van der Waals surface area contributed by atoms with E-state index in [9.17, 15) is 4.79 Å². The Balaban J connectivity index is 2.83. The molecule has 0 aromatic heterocycles. The quantitative estimate of drug-likeness (QED) is 0.543. The lowest BCUT2D eigenvalue weighted by Crippen LogP contribution is -1.98. The van der Waals surface area contributed by atoms with Crippen LogP contribution in [0, 0.1) is 0 Å². The minimum Gasteiger partial charge on any atom is -0.384 e. The zero-order valence-corrected chi connectivity index (χ0v) is 6.66. The second-order valence-electron chi connectivity index (χ2n) is 1.75. The number of rotatable bonds is 5. The molecule has 0 fully saturated rings. The largest absolute Gasteiger partial charge is 0.384 e. The fourth-order valence-electron chi connectivity index (χ4n) is 0.358. The Labute approximate surface area is 60.0 Å². The van der Waals surface area contributed by atoms with E-state index in [2.05, 4.69) is 0 Å². The van der Waals surface area contributed by atoms with Crippen molar-refractivity contribution in [3.8, 4) is 0 Å².